The lowest BCUT2D eigenvalue weighted by atomic mass is 9.87. The van der Waals surface area contributed by atoms with Gasteiger partial charge in [-0.3, -0.25) is 0 Å². The van der Waals surface area contributed by atoms with Crippen LogP contribution in [0.25, 0.3) is 0 Å². The van der Waals surface area contributed by atoms with E-state index in [0.717, 1.165) is 19.4 Å². The van der Waals surface area contributed by atoms with Crippen LogP contribution >= 0.6 is 0 Å². The average molecular weight is 285 g/mol. The molecule has 1 aliphatic heterocycles. The maximum Gasteiger partial charge on any atom is 0.326 e. The normalized spacial score (nSPS) is 21.4. The summed E-state index contributed by atoms with van der Waals surface area (Å²) in [7, 11) is 1.90. The van der Waals surface area contributed by atoms with Crippen molar-refractivity contribution in [1.82, 2.24) is 15.5 Å². The van der Waals surface area contributed by atoms with Crippen LogP contribution in [0.3, 0.4) is 0 Å². The molecule has 6 heteroatoms. The van der Waals surface area contributed by atoms with E-state index in [1.165, 1.54) is 0 Å². The number of nitrogens with zero attached hydrogens (tertiary/aromatic N) is 1. The molecule has 0 bridgehead atoms. The maximum absolute atomic E-state index is 12.2. The Hall–Kier alpha value is -1.30. The third kappa shape index (κ3) is 4.67. The summed E-state index contributed by atoms with van der Waals surface area (Å²) in [5, 5.41) is 15.0. The molecule has 2 atom stereocenters. The van der Waals surface area contributed by atoms with E-state index < -0.39 is 17.4 Å². The third-order valence-corrected chi connectivity index (χ3v) is 3.68. The number of amides is 2. The number of carbonyl (C=O) groups excluding carboxylic acids is 1. The van der Waals surface area contributed by atoms with Crippen LogP contribution in [0.5, 0.6) is 0 Å². The van der Waals surface area contributed by atoms with Crippen LogP contribution in [0.15, 0.2) is 0 Å². The number of piperidine rings is 1. The van der Waals surface area contributed by atoms with Gasteiger partial charge in [-0.2, -0.15) is 0 Å². The van der Waals surface area contributed by atoms with Crippen LogP contribution in [-0.4, -0.2) is 54.7 Å². The lowest BCUT2D eigenvalue weighted by Crippen LogP contribution is -2.55. The van der Waals surface area contributed by atoms with Gasteiger partial charge in [-0.15, -0.1) is 0 Å². The van der Waals surface area contributed by atoms with E-state index in [1.807, 2.05) is 27.8 Å². The average Bonchev–Trinajstić information content (AvgIpc) is 2.34. The van der Waals surface area contributed by atoms with Crippen LogP contribution in [0.1, 0.15) is 33.6 Å². The van der Waals surface area contributed by atoms with Crippen LogP contribution in [0.4, 0.5) is 4.79 Å². The largest absolute Gasteiger partial charge is 0.480 e. The molecule has 0 radical (unpaired) electrons. The van der Waals surface area contributed by atoms with Crippen LogP contribution in [0, 0.1) is 11.3 Å². The van der Waals surface area contributed by atoms with E-state index >= 15 is 0 Å². The molecule has 2 amide bonds. The Morgan fingerprint density at radius 2 is 2.05 bits per heavy atom. The summed E-state index contributed by atoms with van der Waals surface area (Å²) in [5.74, 6) is -0.549. The molecular formula is C14H27N3O3. The Morgan fingerprint density at radius 1 is 1.40 bits per heavy atom. The maximum atomic E-state index is 12.2. The molecule has 0 aromatic carbocycles. The van der Waals surface area contributed by atoms with Crippen molar-refractivity contribution in [3.05, 3.63) is 0 Å². The molecule has 1 heterocycles. The van der Waals surface area contributed by atoms with Gasteiger partial charge in [-0.05, 0) is 37.8 Å². The minimum absolute atomic E-state index is 0.270. The first-order valence-electron chi connectivity index (χ1n) is 7.18. The van der Waals surface area contributed by atoms with Crippen molar-refractivity contribution in [3.8, 4) is 0 Å². The minimum Gasteiger partial charge on any atom is -0.480 e. The van der Waals surface area contributed by atoms with Crippen molar-refractivity contribution >= 4 is 12.0 Å². The fourth-order valence-corrected chi connectivity index (χ4v) is 2.57. The van der Waals surface area contributed by atoms with E-state index in [2.05, 4.69) is 10.6 Å². The predicted octanol–water partition coefficient (Wildman–Crippen LogP) is 1.13. The summed E-state index contributed by atoms with van der Waals surface area (Å²) in [6.45, 7) is 7.70. The Bertz CT molecular complexity index is 350. The standard InChI is InChI=1S/C14H27N3O3/c1-14(2,3)11(12(18)19)16-13(20)17-7-5-6-10(9-17)8-15-4/h10-11,15H,5-9H2,1-4H3,(H,16,20)(H,18,19)/t10?,11-/m0/s1. The van der Waals surface area contributed by atoms with Crippen molar-refractivity contribution in [3.63, 3.8) is 0 Å². The molecule has 3 N–H and O–H groups in total. The van der Waals surface area contributed by atoms with Gasteiger partial charge in [0.2, 0.25) is 0 Å². The minimum atomic E-state index is -0.991. The second kappa shape index (κ2) is 6.92. The molecule has 116 valence electrons. The Morgan fingerprint density at radius 3 is 2.55 bits per heavy atom. The lowest BCUT2D eigenvalue weighted by Gasteiger charge is -2.35. The summed E-state index contributed by atoms with van der Waals surface area (Å²) < 4.78 is 0. The summed E-state index contributed by atoms with van der Waals surface area (Å²) in [6, 6.07) is -1.15. The smallest absolute Gasteiger partial charge is 0.326 e. The van der Waals surface area contributed by atoms with E-state index in [-0.39, 0.29) is 6.03 Å². The molecule has 20 heavy (non-hydrogen) atoms. The molecule has 1 unspecified atom stereocenters. The zero-order valence-electron chi connectivity index (χ0n) is 12.9. The van der Waals surface area contributed by atoms with Gasteiger partial charge in [-0.25, -0.2) is 9.59 Å². The van der Waals surface area contributed by atoms with Gasteiger partial charge in [0.25, 0.3) is 0 Å². The molecule has 0 aromatic rings. The Balaban J connectivity index is 2.62. The van der Waals surface area contributed by atoms with Crippen molar-refractivity contribution < 1.29 is 14.7 Å². The van der Waals surface area contributed by atoms with Crippen molar-refractivity contribution in [2.75, 3.05) is 26.7 Å². The SMILES string of the molecule is CNCC1CCCN(C(=O)N[C@@H](C(=O)O)C(C)(C)C)C1. The first kappa shape index (κ1) is 16.8. The van der Waals surface area contributed by atoms with Crippen molar-refractivity contribution in [2.45, 2.75) is 39.7 Å². The third-order valence-electron chi connectivity index (χ3n) is 3.68. The highest BCUT2D eigenvalue weighted by atomic mass is 16.4. The molecule has 1 rings (SSSR count). The van der Waals surface area contributed by atoms with Gasteiger partial charge in [0, 0.05) is 13.1 Å². The van der Waals surface area contributed by atoms with Crippen LogP contribution < -0.4 is 10.6 Å². The molecule has 6 nitrogen and oxygen atoms in total. The van der Waals surface area contributed by atoms with Gasteiger partial charge in [0.1, 0.15) is 6.04 Å². The van der Waals surface area contributed by atoms with E-state index in [9.17, 15) is 14.7 Å². The zero-order chi connectivity index (χ0) is 15.3. The highest BCUT2D eigenvalue weighted by Crippen LogP contribution is 2.21. The molecule has 0 spiro atoms. The van der Waals surface area contributed by atoms with Gasteiger partial charge in [0.05, 0.1) is 0 Å². The number of carbonyl (C=O) groups is 2. The molecule has 0 aliphatic carbocycles. The topological polar surface area (TPSA) is 81.7 Å². The molecule has 0 saturated carbocycles. The number of carboxylic acids is 1. The van der Waals surface area contributed by atoms with E-state index in [1.54, 1.807) is 4.90 Å². The highest BCUT2D eigenvalue weighted by molar-refractivity contribution is 5.83. The highest BCUT2D eigenvalue weighted by Gasteiger charge is 2.34. The molecule has 0 aromatic heterocycles. The number of nitrogens with one attached hydrogen (secondary N) is 2. The molecule has 1 saturated heterocycles. The van der Waals surface area contributed by atoms with Crippen LogP contribution in [-0.2, 0) is 4.79 Å². The fourth-order valence-electron chi connectivity index (χ4n) is 2.57. The number of carboxylic acid groups (broad SMARTS) is 1. The van der Waals surface area contributed by atoms with E-state index in [4.69, 9.17) is 0 Å². The second-order valence-electron chi connectivity index (χ2n) is 6.60. The van der Waals surface area contributed by atoms with Crippen molar-refractivity contribution in [2.24, 2.45) is 11.3 Å². The number of rotatable bonds is 4. The second-order valence-corrected chi connectivity index (χ2v) is 6.60. The molecular weight excluding hydrogens is 258 g/mol. The zero-order valence-corrected chi connectivity index (χ0v) is 12.9. The van der Waals surface area contributed by atoms with Crippen molar-refractivity contribution in [1.29, 1.82) is 0 Å². The molecule has 1 fully saturated rings. The Kier molecular flexibility index (Phi) is 5.80. The van der Waals surface area contributed by atoms with Gasteiger partial charge >= 0.3 is 12.0 Å². The monoisotopic (exact) mass is 285 g/mol. The summed E-state index contributed by atoms with van der Waals surface area (Å²) >= 11 is 0. The van der Waals surface area contributed by atoms with Gasteiger partial charge < -0.3 is 20.6 Å². The van der Waals surface area contributed by atoms with Gasteiger partial charge in [0.15, 0.2) is 0 Å². The predicted molar refractivity (Wildman–Crippen MR) is 77.6 cm³/mol. The number of likely N-dealkylation sites (tertiary alicyclic amines) is 1. The number of hydrogen-bond donors (Lipinski definition) is 3. The number of hydrogen-bond acceptors (Lipinski definition) is 3. The quantitative estimate of drug-likeness (QED) is 0.723. The summed E-state index contributed by atoms with van der Waals surface area (Å²) in [4.78, 5) is 25.3. The fraction of sp³-hybridized carbons (Fsp3) is 0.857. The summed E-state index contributed by atoms with van der Waals surface area (Å²) in [5.41, 5.74) is -0.512. The first-order chi connectivity index (χ1) is 9.25. The first-order valence-corrected chi connectivity index (χ1v) is 7.18. The summed E-state index contributed by atoms with van der Waals surface area (Å²) in [6.07, 6.45) is 2.07. The number of urea groups is 1. The number of aliphatic carboxylic acids is 1. The molecule has 1 aliphatic rings. The Labute approximate surface area is 120 Å². The van der Waals surface area contributed by atoms with Crippen LogP contribution in [0.2, 0.25) is 0 Å². The van der Waals surface area contributed by atoms with E-state index in [0.29, 0.717) is 19.0 Å². The lowest BCUT2D eigenvalue weighted by molar-refractivity contribution is -0.142. The van der Waals surface area contributed by atoms with Gasteiger partial charge in [-0.1, -0.05) is 20.8 Å².